The van der Waals surface area contributed by atoms with Crippen LogP contribution in [0.4, 0.5) is 0 Å². The van der Waals surface area contributed by atoms with Crippen LogP contribution in [0.25, 0.3) is 11.0 Å². The SMILES string of the molecule is CCC(C)n1ccc(Cn2cnc3cc(C)c(C)cc32)n1. The maximum Gasteiger partial charge on any atom is 0.0962 e. The molecule has 3 aromatic rings. The zero-order valence-corrected chi connectivity index (χ0v) is 13.2. The Morgan fingerprint density at radius 1 is 1.19 bits per heavy atom. The van der Waals surface area contributed by atoms with E-state index in [4.69, 9.17) is 0 Å². The summed E-state index contributed by atoms with van der Waals surface area (Å²) in [7, 11) is 0. The van der Waals surface area contributed by atoms with E-state index in [9.17, 15) is 0 Å². The second-order valence-electron chi connectivity index (χ2n) is 5.84. The summed E-state index contributed by atoms with van der Waals surface area (Å²) in [5, 5.41) is 4.67. The largest absolute Gasteiger partial charge is 0.324 e. The summed E-state index contributed by atoms with van der Waals surface area (Å²) in [5.41, 5.74) is 5.90. The molecule has 1 aromatic carbocycles. The highest BCUT2D eigenvalue weighted by Gasteiger charge is 2.08. The van der Waals surface area contributed by atoms with Crippen LogP contribution >= 0.6 is 0 Å². The molecule has 0 spiro atoms. The van der Waals surface area contributed by atoms with Crippen LogP contribution in [-0.4, -0.2) is 19.3 Å². The lowest BCUT2D eigenvalue weighted by Crippen LogP contribution is -2.06. The number of imidazole rings is 1. The van der Waals surface area contributed by atoms with E-state index < -0.39 is 0 Å². The second-order valence-corrected chi connectivity index (χ2v) is 5.84. The molecule has 2 aromatic heterocycles. The van der Waals surface area contributed by atoms with Crippen LogP contribution in [0.1, 0.15) is 43.1 Å². The Labute approximate surface area is 125 Å². The third kappa shape index (κ3) is 2.58. The van der Waals surface area contributed by atoms with Crippen LogP contribution in [0.5, 0.6) is 0 Å². The molecule has 0 aliphatic rings. The maximum atomic E-state index is 4.67. The van der Waals surface area contributed by atoms with Gasteiger partial charge in [0.25, 0.3) is 0 Å². The molecule has 4 heteroatoms. The third-order valence-corrected chi connectivity index (χ3v) is 4.27. The summed E-state index contributed by atoms with van der Waals surface area (Å²) in [5.74, 6) is 0. The second kappa shape index (κ2) is 5.35. The first kappa shape index (κ1) is 13.9. The normalized spacial score (nSPS) is 13.0. The first-order valence-corrected chi connectivity index (χ1v) is 7.54. The van der Waals surface area contributed by atoms with Gasteiger partial charge in [-0.05, 0) is 56.5 Å². The summed E-state index contributed by atoms with van der Waals surface area (Å²) >= 11 is 0. The quantitative estimate of drug-likeness (QED) is 0.728. The van der Waals surface area contributed by atoms with Gasteiger partial charge < -0.3 is 4.57 Å². The molecule has 2 heterocycles. The predicted molar refractivity (Wildman–Crippen MR) is 85.5 cm³/mol. The van der Waals surface area contributed by atoms with E-state index >= 15 is 0 Å². The monoisotopic (exact) mass is 282 g/mol. The standard InChI is InChI=1S/C17H22N4/c1-5-14(4)21-7-6-15(19-21)10-20-11-18-16-8-12(2)13(3)9-17(16)20/h6-9,11,14H,5,10H2,1-4H3. The average molecular weight is 282 g/mol. The van der Waals surface area contributed by atoms with Crippen molar-refractivity contribution in [2.45, 2.75) is 46.7 Å². The summed E-state index contributed by atoms with van der Waals surface area (Å²) < 4.78 is 4.22. The van der Waals surface area contributed by atoms with E-state index in [1.807, 2.05) is 11.0 Å². The molecule has 1 unspecified atom stereocenters. The number of benzene rings is 1. The van der Waals surface area contributed by atoms with Crippen molar-refractivity contribution in [3.63, 3.8) is 0 Å². The molecule has 0 bridgehead atoms. The molecule has 0 radical (unpaired) electrons. The molecule has 21 heavy (non-hydrogen) atoms. The molecule has 110 valence electrons. The van der Waals surface area contributed by atoms with Crippen LogP contribution in [-0.2, 0) is 6.54 Å². The van der Waals surface area contributed by atoms with Crippen LogP contribution in [0.3, 0.4) is 0 Å². The number of rotatable bonds is 4. The topological polar surface area (TPSA) is 35.6 Å². The van der Waals surface area contributed by atoms with E-state index in [0.29, 0.717) is 6.04 Å². The molecule has 0 aliphatic carbocycles. The van der Waals surface area contributed by atoms with E-state index in [-0.39, 0.29) is 0 Å². The molecule has 0 fully saturated rings. The molecule has 0 saturated carbocycles. The Morgan fingerprint density at radius 3 is 2.71 bits per heavy atom. The highest BCUT2D eigenvalue weighted by atomic mass is 15.3. The highest BCUT2D eigenvalue weighted by molar-refractivity contribution is 5.77. The Kier molecular flexibility index (Phi) is 3.53. The summed E-state index contributed by atoms with van der Waals surface area (Å²) in [6.45, 7) is 9.41. The first-order valence-electron chi connectivity index (χ1n) is 7.54. The van der Waals surface area contributed by atoms with Crippen molar-refractivity contribution in [3.05, 3.63) is 47.5 Å². The van der Waals surface area contributed by atoms with Gasteiger partial charge in [0.2, 0.25) is 0 Å². The van der Waals surface area contributed by atoms with Gasteiger partial charge in [-0.1, -0.05) is 6.92 Å². The smallest absolute Gasteiger partial charge is 0.0962 e. The molecule has 0 aliphatic heterocycles. The zero-order valence-electron chi connectivity index (χ0n) is 13.2. The van der Waals surface area contributed by atoms with Gasteiger partial charge in [0.1, 0.15) is 0 Å². The minimum Gasteiger partial charge on any atom is -0.324 e. The van der Waals surface area contributed by atoms with Gasteiger partial charge in [0.05, 0.1) is 29.6 Å². The fourth-order valence-corrected chi connectivity index (χ4v) is 2.51. The number of hydrogen-bond donors (Lipinski definition) is 0. The van der Waals surface area contributed by atoms with E-state index in [2.05, 4.69) is 66.7 Å². The molecule has 0 N–H and O–H groups in total. The molecular weight excluding hydrogens is 260 g/mol. The Bertz CT molecular complexity index is 766. The van der Waals surface area contributed by atoms with Crippen LogP contribution in [0, 0.1) is 13.8 Å². The van der Waals surface area contributed by atoms with Gasteiger partial charge in [-0.2, -0.15) is 5.10 Å². The Balaban J connectivity index is 1.91. The third-order valence-electron chi connectivity index (χ3n) is 4.27. The van der Waals surface area contributed by atoms with Crippen molar-refractivity contribution >= 4 is 11.0 Å². The lowest BCUT2D eigenvalue weighted by atomic mass is 10.1. The van der Waals surface area contributed by atoms with E-state index in [0.717, 1.165) is 24.2 Å². The van der Waals surface area contributed by atoms with Crippen LogP contribution in [0.2, 0.25) is 0 Å². The highest BCUT2D eigenvalue weighted by Crippen LogP contribution is 2.19. The molecule has 0 saturated heterocycles. The number of aryl methyl sites for hydroxylation is 2. The Morgan fingerprint density at radius 2 is 1.95 bits per heavy atom. The van der Waals surface area contributed by atoms with Crippen molar-refractivity contribution in [1.82, 2.24) is 19.3 Å². The van der Waals surface area contributed by atoms with Crippen molar-refractivity contribution < 1.29 is 0 Å². The Hall–Kier alpha value is -2.10. The minimum atomic E-state index is 0.447. The van der Waals surface area contributed by atoms with E-state index in [1.54, 1.807) is 0 Å². The van der Waals surface area contributed by atoms with Crippen molar-refractivity contribution in [3.8, 4) is 0 Å². The lowest BCUT2D eigenvalue weighted by molar-refractivity contribution is 0.472. The average Bonchev–Trinajstić information content (AvgIpc) is 3.08. The van der Waals surface area contributed by atoms with Crippen molar-refractivity contribution in [2.75, 3.05) is 0 Å². The maximum absolute atomic E-state index is 4.67. The number of nitrogens with zero attached hydrogens (tertiary/aromatic N) is 4. The van der Waals surface area contributed by atoms with Crippen molar-refractivity contribution in [2.24, 2.45) is 0 Å². The van der Waals surface area contributed by atoms with Gasteiger partial charge in [0, 0.05) is 12.2 Å². The predicted octanol–water partition coefficient (Wildman–Crippen LogP) is 3.87. The van der Waals surface area contributed by atoms with Crippen LogP contribution in [0.15, 0.2) is 30.7 Å². The summed E-state index contributed by atoms with van der Waals surface area (Å²) in [6.07, 6.45) is 5.07. The molecular formula is C17H22N4. The summed E-state index contributed by atoms with van der Waals surface area (Å²) in [6, 6.07) is 6.91. The lowest BCUT2D eigenvalue weighted by Gasteiger charge is -2.08. The molecule has 4 nitrogen and oxygen atoms in total. The molecule has 3 rings (SSSR count). The van der Waals surface area contributed by atoms with Gasteiger partial charge >= 0.3 is 0 Å². The zero-order chi connectivity index (χ0) is 15.0. The van der Waals surface area contributed by atoms with Gasteiger partial charge in [-0.3, -0.25) is 4.68 Å². The number of fused-ring (bicyclic) bond motifs is 1. The number of hydrogen-bond acceptors (Lipinski definition) is 2. The van der Waals surface area contributed by atoms with Crippen molar-refractivity contribution in [1.29, 1.82) is 0 Å². The fraction of sp³-hybridized carbons (Fsp3) is 0.412. The van der Waals surface area contributed by atoms with Gasteiger partial charge in [-0.25, -0.2) is 4.98 Å². The first-order chi connectivity index (χ1) is 10.1. The fourth-order valence-electron chi connectivity index (χ4n) is 2.51. The minimum absolute atomic E-state index is 0.447. The molecule has 1 atom stereocenters. The van der Waals surface area contributed by atoms with Gasteiger partial charge in [-0.15, -0.1) is 0 Å². The van der Waals surface area contributed by atoms with Gasteiger partial charge in [0.15, 0.2) is 0 Å². The summed E-state index contributed by atoms with van der Waals surface area (Å²) in [4.78, 5) is 4.50. The molecule has 0 amide bonds. The van der Waals surface area contributed by atoms with E-state index in [1.165, 1.54) is 16.6 Å². The van der Waals surface area contributed by atoms with Crippen LogP contribution < -0.4 is 0 Å². The number of aromatic nitrogens is 4.